The third-order valence-corrected chi connectivity index (χ3v) is 26.0. The van der Waals surface area contributed by atoms with E-state index in [9.17, 15) is 58.5 Å². The number of benzene rings is 3. The van der Waals surface area contributed by atoms with E-state index in [1.807, 2.05) is 13.8 Å². The largest absolute Gasteiger partial charge is 0.508 e. The van der Waals surface area contributed by atoms with Crippen LogP contribution in [-0.2, 0) is 107 Å². The summed E-state index contributed by atoms with van der Waals surface area (Å²) >= 11 is 0.751. The van der Waals surface area contributed by atoms with Gasteiger partial charge in [0.25, 0.3) is 0 Å². The number of hydrogen-bond acceptors (Lipinski definition) is 23. The smallest absolute Gasteiger partial charge is 0.246 e. The number of imidazole rings is 1. The molecule has 6 aromatic rings. The lowest BCUT2D eigenvalue weighted by Gasteiger charge is -2.36. The molecule has 1 spiro atoms. The number of ketones is 1. The summed E-state index contributed by atoms with van der Waals surface area (Å²) in [5, 5.41) is 71.1. The number of amides is 16. The Morgan fingerprint density at radius 2 is 1.12 bits per heavy atom. The van der Waals surface area contributed by atoms with Crippen LogP contribution in [0.15, 0.2) is 97.7 Å². The van der Waals surface area contributed by atoms with Gasteiger partial charge in [-0.05, 0) is 98.2 Å². The highest BCUT2D eigenvalue weighted by atomic mass is 32.2. The maximum atomic E-state index is 15.8. The van der Waals surface area contributed by atoms with E-state index < -0.39 is 253 Å². The van der Waals surface area contributed by atoms with Crippen molar-refractivity contribution in [1.82, 2.24) is 98.0 Å². The lowest BCUT2D eigenvalue weighted by Crippen LogP contribution is -2.61. The molecule has 3 aromatic carbocycles. The molecule has 0 radical (unpaired) electrons. The number of hydrogen-bond donors (Lipinski definition) is 21. The number of aromatic amines is 3. The number of carbonyl (C=O) groups is 17. The Morgan fingerprint density at radius 3 is 1.71 bits per heavy atom. The predicted molar refractivity (Wildman–Crippen MR) is 501 cm³/mol. The zero-order chi connectivity index (χ0) is 99.5. The lowest BCUT2D eigenvalue weighted by atomic mass is 9.89. The summed E-state index contributed by atoms with van der Waals surface area (Å²) in [4.78, 5) is 268. The number of fused-ring (bicyclic) bond motifs is 3. The molecular formula is C92H129N23O20S. The SMILES string of the molecule is CCCC[C@H]1C(=O)N(C)[C@@H](CCCC)C(=O)N[C@@H](CCCNC(=N)N)C(=O)NC(C(=O)NCC(N)=O)CSCC(=O)N[C@@H](Cc2ccc(O)cc2)C(=O)N(C)[C@@H](C)C(=O)N[C@@H](CC(N)=O)C(=O)N2C[C@H](O)C[C@H]2C(=O)N[C@@H](Cc2cnc[nH]2)C(=O)N[C@@H](CC(C)C)C(=O)CC2(C[C@@H]2C)C(=O)NC(Cc2c[nH]c3ccccc23)C(=O)N[C@@H](CO)C(=O)N[C@@H](Cc2c[nH]c3ccccc23)C(=O)N1C. The average Bonchev–Trinajstić information content (AvgIpc) is 1.58. The molecule has 2 aliphatic heterocycles. The van der Waals surface area contributed by atoms with E-state index in [4.69, 9.17) is 22.6 Å². The third-order valence-electron chi connectivity index (χ3n) is 25.0. The number of aliphatic hydroxyl groups excluding tert-OH is 2. The summed E-state index contributed by atoms with van der Waals surface area (Å²) in [6.07, 6.45) is 3.09. The van der Waals surface area contributed by atoms with Gasteiger partial charge in [0.05, 0.1) is 49.2 Å². The normalized spacial score (nSPS) is 25.7. The fraction of sp³-hybridized carbons (Fsp3) is 0.533. The number of thioether (sulfide) groups is 1. The third kappa shape index (κ3) is 29.0. The van der Waals surface area contributed by atoms with Gasteiger partial charge in [-0.15, -0.1) is 11.8 Å². The minimum Gasteiger partial charge on any atom is -0.508 e. The number of aliphatic hydroxyl groups is 2. The van der Waals surface area contributed by atoms with Crippen LogP contribution in [0.5, 0.6) is 5.75 Å². The monoisotopic (exact) mass is 1910 g/mol. The molecular weight excluding hydrogens is 1780 g/mol. The number of para-hydroxylation sites is 2. The molecule has 0 bridgehead atoms. The van der Waals surface area contributed by atoms with Crippen molar-refractivity contribution in [3.8, 4) is 5.75 Å². The fourth-order valence-corrected chi connectivity index (χ4v) is 17.8. The van der Waals surface area contributed by atoms with Crippen molar-refractivity contribution >= 4 is 140 Å². The maximum absolute atomic E-state index is 15.8. The molecule has 3 aliphatic rings. The molecule has 3 fully saturated rings. The van der Waals surface area contributed by atoms with Crippen LogP contribution in [0.1, 0.15) is 147 Å². The number of likely N-dealkylation sites (N-methyl/N-ethyl adjacent to an activating group) is 3. The number of H-pyrrole nitrogens is 3. The number of Topliss-reactive ketones (excluding diaryl/α,β-unsaturated/α-hetero) is 1. The van der Waals surface area contributed by atoms with E-state index >= 15 is 38.4 Å². The highest BCUT2D eigenvalue weighted by Crippen LogP contribution is 2.56. The Labute approximate surface area is 790 Å². The van der Waals surface area contributed by atoms with Crippen LogP contribution in [0.4, 0.5) is 0 Å². The van der Waals surface area contributed by atoms with Crippen molar-refractivity contribution in [2.45, 2.75) is 235 Å². The molecule has 1 aliphatic carbocycles. The molecule has 136 heavy (non-hydrogen) atoms. The average molecular weight is 1910 g/mol. The highest BCUT2D eigenvalue weighted by Gasteiger charge is 2.59. The molecule has 1 saturated carbocycles. The number of nitrogens with zero attached hydrogens (tertiary/aromatic N) is 5. The molecule has 44 heteroatoms. The summed E-state index contributed by atoms with van der Waals surface area (Å²) in [5.41, 5.74) is 18.3. The number of nitrogens with two attached hydrogens (primary N) is 3. The summed E-state index contributed by atoms with van der Waals surface area (Å²) in [6.45, 7) is 7.83. The molecule has 2 saturated heterocycles. The molecule has 3 unspecified atom stereocenters. The number of rotatable bonds is 26. The van der Waals surface area contributed by atoms with Gasteiger partial charge < -0.3 is 126 Å². The summed E-state index contributed by atoms with van der Waals surface area (Å²) in [6, 6.07) is -0.769. The van der Waals surface area contributed by atoms with Crippen molar-refractivity contribution in [2.24, 2.45) is 34.5 Å². The van der Waals surface area contributed by atoms with Gasteiger partial charge in [0.15, 0.2) is 11.7 Å². The lowest BCUT2D eigenvalue weighted by molar-refractivity contribution is -0.149. The van der Waals surface area contributed by atoms with Gasteiger partial charge >= 0.3 is 0 Å². The van der Waals surface area contributed by atoms with Crippen LogP contribution in [-0.4, -0.2) is 305 Å². The highest BCUT2D eigenvalue weighted by molar-refractivity contribution is 8.00. The second kappa shape index (κ2) is 49.6. The zero-order valence-corrected chi connectivity index (χ0v) is 78.7. The predicted octanol–water partition coefficient (Wildman–Crippen LogP) is -1.93. The standard InChI is InChI=1S/C92H129N23O20S/c1-10-12-24-71-84(129)104-62(23-18-30-98-91(95)96)80(125)110-70(79(124)101-43-76(94)121)46-136-47-77(122)103-66(32-52-26-28-56(117)29-27-52)86(131)112(7)51(6)78(123)107-68(37-75(93)120)88(133)115-44-57(118)36-73(115)85(130)106-65(35-55-42-97-48-102-55)82(127)105-63(31-49(3)4)74(119)39-92(38-50(92)5)90(135)111-64(33-53-40-99-60-21-16-14-19-58(53)60)81(126)109-69(45-116)83(128)108-67(34-54-41-100-61-22-17-15-20-59(54)61)87(132)114(9)72(25-13-11-2)89(134)113(71)8/h14-17,19-22,26-29,40-42,48-51,57,62-73,99-100,116-118H,10-13,18,23-25,30-39,43-47H2,1-9H3,(H2,93,120)(H2,94,121)(H,97,102)(H,101,124)(H,103,122)(H,104,129)(H,105,127)(H,106,130)(H,107,123)(H,108,128)(H,109,126)(H,110,125)(H,111,135)(H4,95,96,98)/t50-,51-,57+,62-,63-,64?,65-,66-,67-,68-,69-,70?,71-,72-,73-,92?/m0/s1. The van der Waals surface area contributed by atoms with Gasteiger partial charge in [0.1, 0.15) is 78.3 Å². The van der Waals surface area contributed by atoms with E-state index in [-0.39, 0.29) is 82.4 Å². The fourth-order valence-electron chi connectivity index (χ4n) is 16.9. The van der Waals surface area contributed by atoms with Gasteiger partial charge in [0, 0.05) is 125 Å². The van der Waals surface area contributed by atoms with Gasteiger partial charge in [0.2, 0.25) is 94.5 Å². The van der Waals surface area contributed by atoms with Gasteiger partial charge in [-0.1, -0.05) is 109 Å². The van der Waals surface area contributed by atoms with Crippen LogP contribution in [0.3, 0.4) is 0 Å². The number of aromatic nitrogens is 4. The Hall–Kier alpha value is -13.5. The Balaban J connectivity index is 1.10. The van der Waals surface area contributed by atoms with E-state index in [0.717, 1.165) is 31.4 Å². The molecule has 16 amide bonds. The second-order valence-electron chi connectivity index (χ2n) is 35.7. The number of carbonyl (C=O) groups excluding carboxylic acids is 17. The topological polar surface area (TPSA) is 658 Å². The Bertz CT molecular complexity index is 5280. The van der Waals surface area contributed by atoms with Crippen molar-refractivity contribution in [3.05, 3.63) is 120 Å². The first-order valence-electron chi connectivity index (χ1n) is 45.7. The van der Waals surface area contributed by atoms with Gasteiger partial charge in [-0.2, -0.15) is 0 Å². The Kier molecular flexibility index (Phi) is 38.7. The second-order valence-corrected chi connectivity index (χ2v) is 36.7. The first-order valence-corrected chi connectivity index (χ1v) is 46.8. The van der Waals surface area contributed by atoms with Crippen LogP contribution in [0.25, 0.3) is 21.8 Å². The summed E-state index contributed by atoms with van der Waals surface area (Å²) in [7, 11) is 3.90. The number of aromatic hydroxyl groups is 1. The van der Waals surface area contributed by atoms with Crippen LogP contribution in [0, 0.1) is 22.7 Å². The number of phenolic OH excluding ortho intramolecular Hbond substituents is 1. The van der Waals surface area contributed by atoms with Crippen molar-refractivity contribution in [1.29, 1.82) is 5.41 Å². The van der Waals surface area contributed by atoms with Gasteiger partial charge in [-0.25, -0.2) is 4.98 Å². The minimum atomic E-state index is -1.88. The zero-order valence-electron chi connectivity index (χ0n) is 77.9. The van der Waals surface area contributed by atoms with Crippen LogP contribution in [0.2, 0.25) is 0 Å². The molecule has 5 heterocycles. The number of nitrogens with one attached hydrogen (secondary N) is 15. The molecule has 24 N–H and O–H groups in total. The molecule has 43 nitrogen and oxygen atoms in total. The quantitative estimate of drug-likeness (QED) is 0.0160. The minimum absolute atomic E-state index is 0.00318. The summed E-state index contributed by atoms with van der Waals surface area (Å²) < 4.78 is 0. The van der Waals surface area contributed by atoms with Crippen molar-refractivity contribution in [2.75, 3.05) is 58.9 Å². The maximum Gasteiger partial charge on any atom is 0.246 e. The van der Waals surface area contributed by atoms with E-state index in [1.54, 1.807) is 81.7 Å². The van der Waals surface area contributed by atoms with E-state index in [0.29, 0.717) is 69.9 Å². The van der Waals surface area contributed by atoms with Crippen molar-refractivity contribution in [3.63, 3.8) is 0 Å². The first-order chi connectivity index (χ1) is 64.6. The molecule has 3 aromatic heterocycles. The Morgan fingerprint density at radius 1 is 0.581 bits per heavy atom. The number of primary amides is 2. The van der Waals surface area contributed by atoms with Crippen LogP contribution < -0.4 is 75.7 Å². The first kappa shape index (κ1) is 106. The summed E-state index contributed by atoms with van der Waals surface area (Å²) in [5.74, 6) is -18.4. The number of unbranched alkanes of at least 4 members (excludes halogenated alkanes) is 2. The number of guanidine groups is 1. The van der Waals surface area contributed by atoms with Crippen LogP contribution >= 0.6 is 11.8 Å². The molecule has 738 valence electrons. The van der Waals surface area contributed by atoms with Gasteiger partial charge in [-0.3, -0.25) is 86.9 Å². The van der Waals surface area contributed by atoms with Crippen molar-refractivity contribution < 1.29 is 96.8 Å². The molecule has 16 atom stereocenters. The number of phenols is 1. The van der Waals surface area contributed by atoms with E-state index in [1.165, 1.54) is 64.9 Å². The molecule has 9 rings (SSSR count). The van der Waals surface area contributed by atoms with E-state index in [2.05, 4.69) is 78.4 Å².